The predicted octanol–water partition coefficient (Wildman–Crippen LogP) is -0.602. The maximum Gasteiger partial charge on any atom is 0.329 e. The normalized spacial score (nSPS) is 19.0. The molecule has 0 aromatic heterocycles. The summed E-state index contributed by atoms with van der Waals surface area (Å²) < 4.78 is 8.00. The van der Waals surface area contributed by atoms with E-state index in [-0.39, 0.29) is 18.9 Å². The van der Waals surface area contributed by atoms with E-state index in [0.717, 1.165) is 19.2 Å². The summed E-state index contributed by atoms with van der Waals surface area (Å²) in [6.45, 7) is 3.51. The van der Waals surface area contributed by atoms with Crippen LogP contribution < -0.4 is 21.1 Å². The second kappa shape index (κ2) is 12.6. The summed E-state index contributed by atoms with van der Waals surface area (Å²) in [5.41, 5.74) is 3.51. The number of rotatable bonds is 9. The lowest BCUT2D eigenvalue weighted by molar-refractivity contribution is -0.155. The van der Waals surface area contributed by atoms with Crippen LogP contribution in [-0.2, 0) is 19.1 Å². The zero-order valence-corrected chi connectivity index (χ0v) is 16.9. The van der Waals surface area contributed by atoms with Crippen molar-refractivity contribution in [2.45, 2.75) is 37.8 Å². The Labute approximate surface area is 167 Å². The van der Waals surface area contributed by atoms with E-state index in [0.29, 0.717) is 6.42 Å². The molecule has 1 rings (SSSR count). The molecular formula is C14H27N5O6S2. The van der Waals surface area contributed by atoms with E-state index in [1.165, 1.54) is 11.8 Å². The summed E-state index contributed by atoms with van der Waals surface area (Å²) in [5.74, 6) is -2.91. The molecule has 0 aliphatic carbocycles. The molecule has 1 aliphatic rings. The number of carbonyl (C=O) groups excluding carboxylic acids is 1. The van der Waals surface area contributed by atoms with Gasteiger partial charge < -0.3 is 26.0 Å². The van der Waals surface area contributed by atoms with Crippen molar-refractivity contribution in [1.29, 1.82) is 5.41 Å². The van der Waals surface area contributed by atoms with E-state index in [2.05, 4.69) is 28.2 Å². The highest BCUT2D eigenvalue weighted by atomic mass is 32.2. The van der Waals surface area contributed by atoms with Crippen molar-refractivity contribution in [3.63, 3.8) is 0 Å². The first kappa shape index (κ1) is 25.3. The average molecular weight is 426 g/mol. The Kier molecular flexibility index (Phi) is 11.8. The fourth-order valence-corrected chi connectivity index (χ4v) is 3.31. The lowest BCUT2D eigenvalue weighted by atomic mass is 9.85. The Morgan fingerprint density at radius 3 is 2.44 bits per heavy atom. The highest BCUT2D eigenvalue weighted by molar-refractivity contribution is 8.00. The van der Waals surface area contributed by atoms with E-state index in [9.17, 15) is 14.7 Å². The molecule has 0 spiro atoms. The Hall–Kier alpha value is -1.70. The molecule has 156 valence electrons. The number of nitrogens with two attached hydrogens (primary N) is 1. The molecule has 0 bridgehead atoms. The number of thiol groups is 1. The molecule has 1 saturated heterocycles. The molecule has 8 N–H and O–H groups in total. The van der Waals surface area contributed by atoms with Gasteiger partial charge in [0.15, 0.2) is 5.96 Å². The van der Waals surface area contributed by atoms with Crippen molar-refractivity contribution < 1.29 is 29.3 Å². The van der Waals surface area contributed by atoms with Crippen LogP contribution in [0.25, 0.3) is 0 Å². The van der Waals surface area contributed by atoms with Crippen LogP contribution >= 0.6 is 24.6 Å². The summed E-state index contributed by atoms with van der Waals surface area (Å²) in [5, 5.41) is 29.4. The van der Waals surface area contributed by atoms with E-state index < -0.39 is 34.9 Å². The number of hydrogen-bond donors (Lipinski definition) is 8. The van der Waals surface area contributed by atoms with Gasteiger partial charge in [0.2, 0.25) is 5.56 Å². The highest BCUT2D eigenvalue weighted by Gasteiger charge is 2.42. The van der Waals surface area contributed by atoms with Crippen LogP contribution in [0.1, 0.15) is 26.7 Å². The molecule has 1 heterocycles. The molecule has 0 aromatic carbocycles. The quantitative estimate of drug-likeness (QED) is 0.102. The molecule has 0 saturated carbocycles. The van der Waals surface area contributed by atoms with Crippen LogP contribution in [0, 0.1) is 11.3 Å². The van der Waals surface area contributed by atoms with Crippen molar-refractivity contribution in [2.75, 3.05) is 18.8 Å². The largest absolute Gasteiger partial charge is 0.481 e. The summed E-state index contributed by atoms with van der Waals surface area (Å²) in [6, 6.07) is 0. The van der Waals surface area contributed by atoms with Gasteiger partial charge in [-0.05, 0) is 12.8 Å². The lowest BCUT2D eigenvalue weighted by Crippen LogP contribution is -2.53. The fraction of sp³-hybridized carbons (Fsp3) is 0.714. The van der Waals surface area contributed by atoms with Crippen molar-refractivity contribution in [3.05, 3.63) is 0 Å². The van der Waals surface area contributed by atoms with Gasteiger partial charge in [0.05, 0.1) is 5.92 Å². The van der Waals surface area contributed by atoms with Crippen LogP contribution in [0.2, 0.25) is 0 Å². The zero-order chi connectivity index (χ0) is 21.0. The average Bonchev–Trinajstić information content (AvgIpc) is 3.07. The zero-order valence-electron chi connectivity index (χ0n) is 15.2. The molecule has 13 heteroatoms. The summed E-state index contributed by atoms with van der Waals surface area (Å²) >= 11 is 5.48. The monoisotopic (exact) mass is 425 g/mol. The van der Waals surface area contributed by atoms with Gasteiger partial charge in [-0.25, -0.2) is 9.52 Å². The SMILES string of the molecule is CC(=O)O.CC[C@@](CC(CNC(=N)N)C(=O)O)(NS)C(=O)OC1NCCS1. The summed E-state index contributed by atoms with van der Waals surface area (Å²) in [7, 11) is 0. The minimum atomic E-state index is -1.24. The van der Waals surface area contributed by atoms with Gasteiger partial charge in [0.1, 0.15) is 5.54 Å². The van der Waals surface area contributed by atoms with Crippen LogP contribution in [0.5, 0.6) is 0 Å². The van der Waals surface area contributed by atoms with Crippen molar-refractivity contribution >= 4 is 48.4 Å². The first-order valence-corrected chi connectivity index (χ1v) is 9.55. The van der Waals surface area contributed by atoms with Crippen molar-refractivity contribution in [1.82, 2.24) is 15.4 Å². The first-order chi connectivity index (χ1) is 12.6. The number of guanidine groups is 1. The standard InChI is InChI=1S/C12H23N5O4S2.C2H4O2/c1-2-12(17-22,9(20)21-11-15-3-4-23-11)5-7(8(18)19)6-16-10(13)14;1-2(3)4/h7,11,15,17,22H,2-6H2,1H3,(H,18,19)(H4,13,14,16);1H3,(H,3,4)/t7?,11?,12-;/m0./s1. The lowest BCUT2D eigenvalue weighted by Gasteiger charge is -2.32. The van der Waals surface area contributed by atoms with Crippen LogP contribution in [-0.4, -0.2) is 64.0 Å². The van der Waals surface area contributed by atoms with Gasteiger partial charge in [0.25, 0.3) is 5.97 Å². The molecule has 27 heavy (non-hydrogen) atoms. The Morgan fingerprint density at radius 2 is 2.07 bits per heavy atom. The molecule has 0 amide bonds. The van der Waals surface area contributed by atoms with Crippen molar-refractivity contribution in [2.24, 2.45) is 11.7 Å². The number of hydrogen-bond acceptors (Lipinski definition) is 9. The van der Waals surface area contributed by atoms with E-state index in [1.807, 2.05) is 0 Å². The smallest absolute Gasteiger partial charge is 0.329 e. The minimum absolute atomic E-state index is 0.0428. The topological polar surface area (TPSA) is 187 Å². The van der Waals surface area contributed by atoms with Gasteiger partial charge >= 0.3 is 11.9 Å². The third kappa shape index (κ3) is 9.70. The number of esters is 1. The maximum atomic E-state index is 12.5. The Bertz CT molecular complexity index is 522. The summed E-state index contributed by atoms with van der Waals surface area (Å²) in [6.07, 6.45) is 0.259. The molecule has 1 fully saturated rings. The Morgan fingerprint density at radius 1 is 1.48 bits per heavy atom. The third-order valence-electron chi connectivity index (χ3n) is 3.59. The van der Waals surface area contributed by atoms with E-state index >= 15 is 0 Å². The van der Waals surface area contributed by atoms with Gasteiger partial charge in [-0.2, -0.15) is 0 Å². The molecule has 2 unspecified atom stereocenters. The molecule has 3 atom stereocenters. The second-order valence-electron chi connectivity index (χ2n) is 5.66. The first-order valence-electron chi connectivity index (χ1n) is 8.05. The molecular weight excluding hydrogens is 398 g/mol. The molecule has 0 aromatic rings. The molecule has 1 aliphatic heterocycles. The molecule has 0 radical (unpaired) electrons. The number of aliphatic carboxylic acids is 2. The van der Waals surface area contributed by atoms with Gasteiger partial charge in [-0.3, -0.25) is 20.3 Å². The highest BCUT2D eigenvalue weighted by Crippen LogP contribution is 2.26. The summed E-state index contributed by atoms with van der Waals surface area (Å²) in [4.78, 5) is 32.9. The maximum absolute atomic E-state index is 12.5. The second-order valence-corrected chi connectivity index (χ2v) is 7.06. The Balaban J connectivity index is 0.00000153. The van der Waals surface area contributed by atoms with Gasteiger partial charge in [-0.15, -0.1) is 11.8 Å². The minimum Gasteiger partial charge on any atom is -0.481 e. The third-order valence-corrected chi connectivity index (χ3v) is 5.02. The van der Waals surface area contributed by atoms with Crippen LogP contribution in [0.15, 0.2) is 0 Å². The number of nitrogens with one attached hydrogen (secondary N) is 4. The number of carboxylic acids is 2. The van der Waals surface area contributed by atoms with Crippen LogP contribution in [0.4, 0.5) is 0 Å². The molecule has 11 nitrogen and oxygen atoms in total. The van der Waals surface area contributed by atoms with E-state index in [1.54, 1.807) is 6.92 Å². The van der Waals surface area contributed by atoms with E-state index in [4.69, 9.17) is 25.8 Å². The van der Waals surface area contributed by atoms with Gasteiger partial charge in [0, 0.05) is 25.8 Å². The number of thioether (sulfide) groups is 1. The number of carboxylic acid groups (broad SMARTS) is 2. The predicted molar refractivity (Wildman–Crippen MR) is 104 cm³/mol. The van der Waals surface area contributed by atoms with Gasteiger partial charge in [-0.1, -0.05) is 19.7 Å². The van der Waals surface area contributed by atoms with Crippen molar-refractivity contribution in [3.8, 4) is 0 Å². The van der Waals surface area contributed by atoms with Crippen LogP contribution in [0.3, 0.4) is 0 Å². The number of ether oxygens (including phenoxy) is 1. The number of carbonyl (C=O) groups is 3. The fourth-order valence-electron chi connectivity index (χ4n) is 2.13.